The lowest BCUT2D eigenvalue weighted by Gasteiger charge is -2.11. The molecule has 0 unspecified atom stereocenters. The van der Waals surface area contributed by atoms with Crippen molar-refractivity contribution in [1.29, 1.82) is 0 Å². The maximum Gasteiger partial charge on any atom is 0.164 e. The molecule has 0 radical (unpaired) electrons. The SMILES string of the molecule is c1ccc(-c2nc(-c3ccccc3)nc(-c3cc4c(oc5cccc(-c6ccc7c(c6)oc6ccccc67)c54)c4ccccc34)n2)cc1. The third-order valence-electron chi connectivity index (χ3n) is 9.13. The molecular weight excluding hydrogens is 590 g/mol. The van der Waals surface area contributed by atoms with Gasteiger partial charge < -0.3 is 8.83 Å². The Morgan fingerprint density at radius 3 is 1.69 bits per heavy atom. The summed E-state index contributed by atoms with van der Waals surface area (Å²) in [5, 5.41) is 6.27. The highest BCUT2D eigenvalue weighted by Gasteiger charge is 2.21. The molecule has 5 nitrogen and oxygen atoms in total. The third kappa shape index (κ3) is 4.15. The summed E-state index contributed by atoms with van der Waals surface area (Å²) in [6.45, 7) is 0. The van der Waals surface area contributed by atoms with E-state index in [1.54, 1.807) is 0 Å². The molecule has 0 spiro atoms. The van der Waals surface area contributed by atoms with Gasteiger partial charge in [-0.15, -0.1) is 0 Å². The monoisotopic (exact) mass is 615 g/mol. The molecule has 10 rings (SSSR count). The molecule has 5 heteroatoms. The maximum absolute atomic E-state index is 6.66. The van der Waals surface area contributed by atoms with Crippen molar-refractivity contribution in [3.63, 3.8) is 0 Å². The maximum atomic E-state index is 6.66. The summed E-state index contributed by atoms with van der Waals surface area (Å²) in [6, 6.07) is 51.5. The van der Waals surface area contributed by atoms with Crippen molar-refractivity contribution in [1.82, 2.24) is 15.0 Å². The van der Waals surface area contributed by atoms with Crippen molar-refractivity contribution >= 4 is 54.6 Å². The van der Waals surface area contributed by atoms with E-state index in [9.17, 15) is 0 Å². The highest BCUT2D eigenvalue weighted by molar-refractivity contribution is 6.22. The first-order chi connectivity index (χ1) is 23.8. The van der Waals surface area contributed by atoms with Gasteiger partial charge in [-0.3, -0.25) is 0 Å². The summed E-state index contributed by atoms with van der Waals surface area (Å²) in [5.74, 6) is 1.86. The molecule has 224 valence electrons. The number of benzene rings is 7. The van der Waals surface area contributed by atoms with Gasteiger partial charge in [0.1, 0.15) is 22.3 Å². The molecule has 0 atom stereocenters. The minimum absolute atomic E-state index is 0.608. The average molecular weight is 616 g/mol. The Morgan fingerprint density at radius 1 is 0.333 bits per heavy atom. The van der Waals surface area contributed by atoms with Gasteiger partial charge in [-0.05, 0) is 46.8 Å². The standard InChI is InChI=1S/C43H25N3O2/c1-3-12-26(13-4-1)41-44-42(27-14-5-2-6-15-27)46-43(45-41)34-25-35-39-29(19-11-21-37(39)48-40(35)33-18-8-7-16-30(33)34)28-22-23-32-31-17-9-10-20-36(31)47-38(32)24-28/h1-25H. The Labute approximate surface area is 274 Å². The van der Waals surface area contributed by atoms with Crippen molar-refractivity contribution in [2.45, 2.75) is 0 Å². The van der Waals surface area contributed by atoms with E-state index >= 15 is 0 Å². The van der Waals surface area contributed by atoms with E-state index in [0.717, 1.165) is 82.5 Å². The molecular formula is C43H25N3O2. The fourth-order valence-electron chi connectivity index (χ4n) is 6.90. The minimum Gasteiger partial charge on any atom is -0.456 e. The van der Waals surface area contributed by atoms with Gasteiger partial charge in [0, 0.05) is 43.6 Å². The molecule has 10 aromatic rings. The Balaban J connectivity index is 1.25. The van der Waals surface area contributed by atoms with Crippen LogP contribution in [-0.4, -0.2) is 15.0 Å². The van der Waals surface area contributed by atoms with Crippen LogP contribution in [0, 0.1) is 0 Å². The number of furan rings is 2. The zero-order valence-corrected chi connectivity index (χ0v) is 25.6. The van der Waals surface area contributed by atoms with Crippen LogP contribution in [0.3, 0.4) is 0 Å². The van der Waals surface area contributed by atoms with Crippen molar-refractivity contribution in [2.24, 2.45) is 0 Å². The normalized spacial score (nSPS) is 11.8. The van der Waals surface area contributed by atoms with Gasteiger partial charge >= 0.3 is 0 Å². The molecule has 0 aliphatic carbocycles. The Morgan fingerprint density at radius 2 is 0.938 bits per heavy atom. The fraction of sp³-hybridized carbons (Fsp3) is 0. The number of hydrogen-bond acceptors (Lipinski definition) is 5. The third-order valence-corrected chi connectivity index (χ3v) is 9.13. The predicted octanol–water partition coefficient (Wildman–Crippen LogP) is 11.5. The second-order valence-corrected chi connectivity index (χ2v) is 12.0. The van der Waals surface area contributed by atoms with E-state index in [1.165, 1.54) is 0 Å². The molecule has 3 aromatic heterocycles. The first kappa shape index (κ1) is 26.6. The van der Waals surface area contributed by atoms with Crippen LogP contribution >= 0.6 is 0 Å². The van der Waals surface area contributed by atoms with Crippen LogP contribution in [0.4, 0.5) is 0 Å². The summed E-state index contributed by atoms with van der Waals surface area (Å²) in [7, 11) is 0. The van der Waals surface area contributed by atoms with Gasteiger partial charge in [-0.1, -0.05) is 121 Å². The Bertz CT molecular complexity index is 2780. The molecule has 0 fully saturated rings. The summed E-state index contributed by atoms with van der Waals surface area (Å²) < 4.78 is 12.9. The lowest BCUT2D eigenvalue weighted by atomic mass is 9.95. The van der Waals surface area contributed by atoms with E-state index in [1.807, 2.05) is 97.1 Å². The second kappa shape index (κ2) is 10.5. The minimum atomic E-state index is 0.608. The smallest absolute Gasteiger partial charge is 0.164 e. The highest BCUT2D eigenvalue weighted by atomic mass is 16.3. The molecule has 48 heavy (non-hydrogen) atoms. The van der Waals surface area contributed by atoms with Crippen molar-refractivity contribution in [3.8, 4) is 45.3 Å². The Kier molecular flexibility index (Phi) is 5.81. The first-order valence-electron chi connectivity index (χ1n) is 15.9. The number of hydrogen-bond donors (Lipinski definition) is 0. The molecule has 0 aliphatic rings. The highest BCUT2D eigenvalue weighted by Crippen LogP contribution is 2.43. The van der Waals surface area contributed by atoms with Crippen molar-refractivity contribution in [2.75, 3.05) is 0 Å². The number of fused-ring (bicyclic) bond motifs is 8. The van der Waals surface area contributed by atoms with Gasteiger partial charge in [0.05, 0.1) is 0 Å². The Hall–Kier alpha value is -6.59. The van der Waals surface area contributed by atoms with E-state index < -0.39 is 0 Å². The van der Waals surface area contributed by atoms with Gasteiger partial charge in [-0.25, -0.2) is 15.0 Å². The summed E-state index contributed by atoms with van der Waals surface area (Å²) in [4.78, 5) is 15.1. The van der Waals surface area contributed by atoms with Crippen LogP contribution in [0.25, 0.3) is 99.9 Å². The van der Waals surface area contributed by atoms with Crippen LogP contribution in [0.1, 0.15) is 0 Å². The lowest BCUT2D eigenvalue weighted by Crippen LogP contribution is -2.00. The predicted molar refractivity (Wildman–Crippen MR) is 194 cm³/mol. The van der Waals surface area contributed by atoms with Crippen LogP contribution in [0.15, 0.2) is 160 Å². The summed E-state index contributed by atoms with van der Waals surface area (Å²) in [5.41, 5.74) is 8.30. The van der Waals surface area contributed by atoms with Gasteiger partial charge in [-0.2, -0.15) is 0 Å². The number of aromatic nitrogens is 3. The van der Waals surface area contributed by atoms with E-state index in [4.69, 9.17) is 23.8 Å². The molecule has 0 amide bonds. The second-order valence-electron chi connectivity index (χ2n) is 12.0. The first-order valence-corrected chi connectivity index (χ1v) is 15.9. The topological polar surface area (TPSA) is 65.0 Å². The zero-order chi connectivity index (χ0) is 31.6. The molecule has 3 heterocycles. The molecule has 0 aliphatic heterocycles. The molecule has 0 bridgehead atoms. The van der Waals surface area contributed by atoms with Crippen LogP contribution < -0.4 is 0 Å². The number of rotatable bonds is 4. The van der Waals surface area contributed by atoms with Gasteiger partial charge in [0.15, 0.2) is 17.5 Å². The molecule has 0 saturated carbocycles. The summed E-state index contributed by atoms with van der Waals surface area (Å²) in [6.07, 6.45) is 0. The summed E-state index contributed by atoms with van der Waals surface area (Å²) >= 11 is 0. The number of nitrogens with zero attached hydrogens (tertiary/aromatic N) is 3. The largest absolute Gasteiger partial charge is 0.456 e. The van der Waals surface area contributed by atoms with Crippen LogP contribution in [0.5, 0.6) is 0 Å². The quantitative estimate of drug-likeness (QED) is 0.197. The average Bonchev–Trinajstić information content (AvgIpc) is 3.73. The van der Waals surface area contributed by atoms with E-state index in [2.05, 4.69) is 54.6 Å². The van der Waals surface area contributed by atoms with E-state index in [0.29, 0.717) is 17.5 Å². The zero-order valence-electron chi connectivity index (χ0n) is 25.6. The molecule has 0 N–H and O–H groups in total. The number of para-hydroxylation sites is 1. The fourth-order valence-corrected chi connectivity index (χ4v) is 6.90. The van der Waals surface area contributed by atoms with Gasteiger partial charge in [0.2, 0.25) is 0 Å². The molecule has 7 aromatic carbocycles. The van der Waals surface area contributed by atoms with E-state index in [-0.39, 0.29) is 0 Å². The van der Waals surface area contributed by atoms with Crippen LogP contribution in [-0.2, 0) is 0 Å². The molecule has 0 saturated heterocycles. The lowest BCUT2D eigenvalue weighted by molar-refractivity contribution is 0.669. The van der Waals surface area contributed by atoms with Crippen molar-refractivity contribution < 1.29 is 8.83 Å². The van der Waals surface area contributed by atoms with Gasteiger partial charge in [0.25, 0.3) is 0 Å². The van der Waals surface area contributed by atoms with Crippen LogP contribution in [0.2, 0.25) is 0 Å². The van der Waals surface area contributed by atoms with Crippen molar-refractivity contribution in [3.05, 3.63) is 152 Å².